The maximum absolute atomic E-state index is 13.2. The molecule has 0 saturated heterocycles. The van der Waals surface area contributed by atoms with Crippen molar-refractivity contribution in [1.82, 2.24) is 0 Å². The lowest BCUT2D eigenvalue weighted by molar-refractivity contribution is 0.0472. The fourth-order valence-electron chi connectivity index (χ4n) is 1.58. The molecule has 0 aliphatic heterocycles. The smallest absolute Gasteiger partial charge is 0.338 e. The van der Waals surface area contributed by atoms with Gasteiger partial charge in [-0.1, -0.05) is 27.5 Å². The van der Waals surface area contributed by atoms with E-state index in [1.165, 1.54) is 30.3 Å². The molecule has 104 valence electrons. The van der Waals surface area contributed by atoms with Gasteiger partial charge in [-0.25, -0.2) is 9.18 Å². The monoisotopic (exact) mass is 357 g/mol. The Labute approximate surface area is 128 Å². The van der Waals surface area contributed by atoms with Gasteiger partial charge in [0.2, 0.25) is 0 Å². The summed E-state index contributed by atoms with van der Waals surface area (Å²) < 4.78 is 18.8. The zero-order valence-electron chi connectivity index (χ0n) is 10.2. The van der Waals surface area contributed by atoms with Gasteiger partial charge >= 0.3 is 5.97 Å². The molecular weight excluding hydrogens is 349 g/mol. The molecule has 2 rings (SSSR count). The van der Waals surface area contributed by atoms with E-state index in [-0.39, 0.29) is 11.6 Å². The first-order valence-electron chi connectivity index (χ1n) is 5.63. The van der Waals surface area contributed by atoms with E-state index in [9.17, 15) is 9.18 Å². The molecule has 0 unspecified atom stereocenters. The Morgan fingerprint density at radius 1 is 1.30 bits per heavy atom. The number of hydrogen-bond donors (Lipinski definition) is 1. The highest BCUT2D eigenvalue weighted by molar-refractivity contribution is 9.10. The lowest BCUT2D eigenvalue weighted by Crippen LogP contribution is -2.06. The van der Waals surface area contributed by atoms with Crippen molar-refractivity contribution in [3.05, 3.63) is 62.8 Å². The van der Waals surface area contributed by atoms with Gasteiger partial charge in [0.1, 0.15) is 12.4 Å². The number of nitrogens with two attached hydrogens (primary N) is 1. The summed E-state index contributed by atoms with van der Waals surface area (Å²) in [5.74, 6) is -0.951. The summed E-state index contributed by atoms with van der Waals surface area (Å²) in [6.07, 6.45) is 0. The molecule has 2 N–H and O–H groups in total. The van der Waals surface area contributed by atoms with Crippen molar-refractivity contribution >= 4 is 39.2 Å². The molecule has 0 heterocycles. The van der Waals surface area contributed by atoms with Gasteiger partial charge in [0.25, 0.3) is 0 Å². The van der Waals surface area contributed by atoms with Crippen molar-refractivity contribution < 1.29 is 13.9 Å². The Balaban J connectivity index is 2.06. The summed E-state index contributed by atoms with van der Waals surface area (Å²) in [4.78, 5) is 11.8. The highest BCUT2D eigenvalue weighted by Crippen LogP contribution is 2.21. The molecule has 0 saturated carbocycles. The lowest BCUT2D eigenvalue weighted by Gasteiger charge is -2.07. The maximum atomic E-state index is 13.2. The van der Waals surface area contributed by atoms with Gasteiger partial charge in [0.15, 0.2) is 0 Å². The highest BCUT2D eigenvalue weighted by Gasteiger charge is 2.10. The molecule has 2 aromatic carbocycles. The number of nitrogen functional groups attached to an aromatic ring is 1. The van der Waals surface area contributed by atoms with E-state index in [0.29, 0.717) is 21.3 Å². The second-order valence-electron chi connectivity index (χ2n) is 4.09. The molecule has 0 aromatic heterocycles. The van der Waals surface area contributed by atoms with Crippen molar-refractivity contribution in [3.63, 3.8) is 0 Å². The Morgan fingerprint density at radius 3 is 2.70 bits per heavy atom. The van der Waals surface area contributed by atoms with Crippen LogP contribution in [0.15, 0.2) is 40.9 Å². The number of halogens is 3. The van der Waals surface area contributed by atoms with Crippen molar-refractivity contribution in [1.29, 1.82) is 0 Å². The van der Waals surface area contributed by atoms with Crippen LogP contribution in [0.3, 0.4) is 0 Å². The van der Waals surface area contributed by atoms with Crippen molar-refractivity contribution in [3.8, 4) is 0 Å². The normalized spacial score (nSPS) is 10.3. The van der Waals surface area contributed by atoms with Crippen LogP contribution in [-0.4, -0.2) is 5.97 Å². The second kappa shape index (κ2) is 6.24. The number of esters is 1. The molecule has 0 aliphatic rings. The molecule has 6 heteroatoms. The topological polar surface area (TPSA) is 52.3 Å². The van der Waals surface area contributed by atoms with Crippen molar-refractivity contribution in [2.75, 3.05) is 5.73 Å². The first-order valence-corrected chi connectivity index (χ1v) is 6.80. The maximum Gasteiger partial charge on any atom is 0.338 e. The van der Waals surface area contributed by atoms with Crippen molar-refractivity contribution in [2.45, 2.75) is 6.61 Å². The number of ether oxygens (including phenoxy) is 1. The largest absolute Gasteiger partial charge is 0.457 e. The van der Waals surface area contributed by atoms with Crippen LogP contribution in [0.25, 0.3) is 0 Å². The minimum absolute atomic E-state index is 0.0306. The molecule has 0 aliphatic carbocycles. The number of benzene rings is 2. The average Bonchev–Trinajstić information content (AvgIpc) is 2.38. The molecule has 3 nitrogen and oxygen atoms in total. The Morgan fingerprint density at radius 2 is 2.05 bits per heavy atom. The third-order valence-corrected chi connectivity index (χ3v) is 3.31. The highest BCUT2D eigenvalue weighted by atomic mass is 79.9. The number of anilines is 1. The number of carbonyl (C=O) groups excluding carboxylic acids is 1. The van der Waals surface area contributed by atoms with E-state index in [1.54, 1.807) is 6.07 Å². The Bertz CT molecular complexity index is 643. The zero-order valence-corrected chi connectivity index (χ0v) is 12.5. The average molecular weight is 359 g/mol. The Hall–Kier alpha value is -1.59. The Kier molecular flexibility index (Phi) is 4.62. The summed E-state index contributed by atoms with van der Waals surface area (Å²) in [5, 5.41) is 0.285. The summed E-state index contributed by atoms with van der Waals surface area (Å²) >= 11 is 9.00. The van der Waals surface area contributed by atoms with Gasteiger partial charge in [0.05, 0.1) is 16.3 Å². The molecule has 0 bridgehead atoms. The van der Waals surface area contributed by atoms with E-state index < -0.39 is 11.8 Å². The van der Waals surface area contributed by atoms with Gasteiger partial charge in [0, 0.05) is 4.47 Å². The van der Waals surface area contributed by atoms with Crippen LogP contribution in [0.2, 0.25) is 5.02 Å². The van der Waals surface area contributed by atoms with Crippen LogP contribution in [0.1, 0.15) is 15.9 Å². The van der Waals surface area contributed by atoms with Gasteiger partial charge in [-0.15, -0.1) is 0 Å². The van der Waals surface area contributed by atoms with Gasteiger partial charge < -0.3 is 10.5 Å². The number of carbonyl (C=O) groups is 1. The number of hydrogen-bond acceptors (Lipinski definition) is 3. The molecule has 20 heavy (non-hydrogen) atoms. The summed E-state index contributed by atoms with van der Waals surface area (Å²) in [6, 6.07) is 8.77. The van der Waals surface area contributed by atoms with E-state index in [1.807, 2.05) is 0 Å². The quantitative estimate of drug-likeness (QED) is 0.661. The van der Waals surface area contributed by atoms with Gasteiger partial charge in [-0.05, 0) is 42.0 Å². The summed E-state index contributed by atoms with van der Waals surface area (Å²) in [5.41, 5.74) is 6.78. The first kappa shape index (κ1) is 14.8. The molecule has 0 amide bonds. The fourth-order valence-corrected chi connectivity index (χ4v) is 2.27. The van der Waals surface area contributed by atoms with Crippen LogP contribution >= 0.6 is 27.5 Å². The third kappa shape index (κ3) is 3.71. The first-order chi connectivity index (χ1) is 9.45. The van der Waals surface area contributed by atoms with Crippen LogP contribution in [-0.2, 0) is 11.3 Å². The van der Waals surface area contributed by atoms with Gasteiger partial charge in [-0.2, -0.15) is 0 Å². The standard InChI is InChI=1S/C14H10BrClFNO2/c15-10-3-8(4-11(17)6-10)7-20-14(19)9-1-2-13(18)12(16)5-9/h1-6H,7,18H2. The molecular formula is C14H10BrClFNO2. The number of rotatable bonds is 3. The minimum Gasteiger partial charge on any atom is -0.457 e. The van der Waals surface area contributed by atoms with E-state index in [0.717, 1.165) is 0 Å². The van der Waals surface area contributed by atoms with E-state index in [2.05, 4.69) is 15.9 Å². The zero-order chi connectivity index (χ0) is 14.7. The predicted octanol–water partition coefficient (Wildman–Crippen LogP) is 4.18. The van der Waals surface area contributed by atoms with Crippen LogP contribution in [0.5, 0.6) is 0 Å². The fraction of sp³-hybridized carbons (Fsp3) is 0.0714. The molecule has 0 fully saturated rings. The molecule has 0 spiro atoms. The van der Waals surface area contributed by atoms with E-state index in [4.69, 9.17) is 22.1 Å². The minimum atomic E-state index is -0.549. The lowest BCUT2D eigenvalue weighted by atomic mass is 10.2. The molecule has 2 aromatic rings. The SMILES string of the molecule is Nc1ccc(C(=O)OCc2cc(F)cc(Br)c2)cc1Cl. The third-order valence-electron chi connectivity index (χ3n) is 2.53. The predicted molar refractivity (Wildman–Crippen MR) is 79.1 cm³/mol. The van der Waals surface area contributed by atoms with Crippen LogP contribution in [0, 0.1) is 5.82 Å². The van der Waals surface area contributed by atoms with E-state index >= 15 is 0 Å². The van der Waals surface area contributed by atoms with Crippen molar-refractivity contribution in [2.24, 2.45) is 0 Å². The second-order valence-corrected chi connectivity index (χ2v) is 5.41. The van der Waals surface area contributed by atoms with Crippen LogP contribution < -0.4 is 5.73 Å². The molecule has 0 radical (unpaired) electrons. The molecule has 0 atom stereocenters. The summed E-state index contributed by atoms with van der Waals surface area (Å²) in [7, 11) is 0. The van der Waals surface area contributed by atoms with Crippen LogP contribution in [0.4, 0.5) is 10.1 Å². The summed E-state index contributed by atoms with van der Waals surface area (Å²) in [6.45, 7) is -0.0306. The van der Waals surface area contributed by atoms with Gasteiger partial charge in [-0.3, -0.25) is 0 Å².